The smallest absolute Gasteiger partial charge is 0.233 e. The lowest BCUT2D eigenvalue weighted by Gasteiger charge is -2.12. The van der Waals surface area contributed by atoms with Gasteiger partial charge in [0, 0.05) is 19.1 Å². The molecule has 19 heavy (non-hydrogen) atoms. The number of anilines is 3. The van der Waals surface area contributed by atoms with Gasteiger partial charge in [0.05, 0.1) is 5.69 Å². The van der Waals surface area contributed by atoms with Crippen LogP contribution in [0.3, 0.4) is 0 Å². The van der Waals surface area contributed by atoms with E-state index in [0.29, 0.717) is 11.0 Å². The molecule has 100 valence electrons. The standard InChI is InChI=1S/C11H10Cl2FN5/c1-19(2)11-17-9(13)16-10(18-11)15-8-4-3-6(12)5-7(8)14/h3-5H,1-2H3,(H,15,16,17,18). The minimum atomic E-state index is -0.504. The summed E-state index contributed by atoms with van der Waals surface area (Å²) in [6.45, 7) is 0. The Labute approximate surface area is 119 Å². The van der Waals surface area contributed by atoms with Crippen LogP contribution in [-0.4, -0.2) is 29.0 Å². The molecule has 0 aliphatic rings. The second-order valence-electron chi connectivity index (χ2n) is 3.87. The summed E-state index contributed by atoms with van der Waals surface area (Å²) in [5.41, 5.74) is 0.205. The number of nitrogens with zero attached hydrogens (tertiary/aromatic N) is 4. The first-order valence-electron chi connectivity index (χ1n) is 5.26. The van der Waals surface area contributed by atoms with Gasteiger partial charge in [-0.15, -0.1) is 0 Å². The molecule has 2 rings (SSSR count). The summed E-state index contributed by atoms with van der Waals surface area (Å²) in [6, 6.07) is 4.24. The van der Waals surface area contributed by atoms with Crippen molar-refractivity contribution >= 4 is 40.8 Å². The van der Waals surface area contributed by atoms with Gasteiger partial charge in [-0.05, 0) is 29.8 Å². The highest BCUT2D eigenvalue weighted by atomic mass is 35.5. The summed E-state index contributed by atoms with van der Waals surface area (Å²) >= 11 is 11.5. The highest BCUT2D eigenvalue weighted by Gasteiger charge is 2.09. The molecule has 1 aromatic carbocycles. The van der Waals surface area contributed by atoms with Crippen molar-refractivity contribution in [2.24, 2.45) is 0 Å². The molecule has 0 aliphatic heterocycles. The van der Waals surface area contributed by atoms with Crippen molar-refractivity contribution in [3.63, 3.8) is 0 Å². The van der Waals surface area contributed by atoms with E-state index in [1.165, 1.54) is 12.1 Å². The van der Waals surface area contributed by atoms with Gasteiger partial charge in [-0.3, -0.25) is 0 Å². The van der Waals surface area contributed by atoms with Gasteiger partial charge < -0.3 is 10.2 Å². The topological polar surface area (TPSA) is 53.9 Å². The maximum absolute atomic E-state index is 13.6. The summed E-state index contributed by atoms with van der Waals surface area (Å²) in [5.74, 6) is 0.0252. The second-order valence-corrected chi connectivity index (χ2v) is 4.65. The fourth-order valence-corrected chi connectivity index (χ4v) is 1.62. The molecule has 0 unspecified atom stereocenters. The van der Waals surface area contributed by atoms with E-state index in [1.807, 2.05) is 0 Å². The number of rotatable bonds is 3. The predicted molar refractivity (Wildman–Crippen MR) is 73.9 cm³/mol. The third-order valence-corrected chi connectivity index (χ3v) is 2.58. The molecule has 0 spiro atoms. The molecule has 0 fully saturated rings. The molecule has 0 aliphatic carbocycles. The zero-order chi connectivity index (χ0) is 14.0. The van der Waals surface area contributed by atoms with E-state index in [4.69, 9.17) is 23.2 Å². The normalized spacial score (nSPS) is 10.4. The molecule has 5 nitrogen and oxygen atoms in total. The van der Waals surface area contributed by atoms with Gasteiger partial charge in [0.25, 0.3) is 0 Å². The van der Waals surface area contributed by atoms with Gasteiger partial charge in [-0.2, -0.15) is 15.0 Å². The average Bonchev–Trinajstić information content (AvgIpc) is 2.32. The van der Waals surface area contributed by atoms with Gasteiger partial charge in [0.15, 0.2) is 0 Å². The Morgan fingerprint density at radius 3 is 2.53 bits per heavy atom. The summed E-state index contributed by atoms with van der Waals surface area (Å²) < 4.78 is 13.6. The number of nitrogens with one attached hydrogen (secondary N) is 1. The van der Waals surface area contributed by atoms with Gasteiger partial charge in [-0.1, -0.05) is 11.6 Å². The molecule has 8 heteroatoms. The molecule has 2 aromatic rings. The van der Waals surface area contributed by atoms with Gasteiger partial charge in [0.2, 0.25) is 17.2 Å². The van der Waals surface area contributed by atoms with E-state index in [2.05, 4.69) is 20.3 Å². The Balaban J connectivity index is 2.32. The molecule has 0 bridgehead atoms. The Morgan fingerprint density at radius 2 is 1.89 bits per heavy atom. The molecule has 1 heterocycles. The van der Waals surface area contributed by atoms with E-state index in [9.17, 15) is 4.39 Å². The van der Waals surface area contributed by atoms with E-state index in [-0.39, 0.29) is 16.9 Å². The van der Waals surface area contributed by atoms with Crippen molar-refractivity contribution < 1.29 is 4.39 Å². The lowest BCUT2D eigenvalue weighted by Crippen LogP contribution is -2.14. The van der Waals surface area contributed by atoms with Crippen LogP contribution in [0.1, 0.15) is 0 Å². The minimum Gasteiger partial charge on any atom is -0.347 e. The third kappa shape index (κ3) is 3.42. The molecule has 0 saturated carbocycles. The maximum Gasteiger partial charge on any atom is 0.233 e. The summed E-state index contributed by atoms with van der Waals surface area (Å²) in [4.78, 5) is 13.6. The number of benzene rings is 1. The quantitative estimate of drug-likeness (QED) is 0.944. The van der Waals surface area contributed by atoms with Crippen LogP contribution in [0, 0.1) is 5.82 Å². The van der Waals surface area contributed by atoms with Crippen molar-refractivity contribution in [2.45, 2.75) is 0 Å². The molecule has 1 aromatic heterocycles. The Hall–Kier alpha value is -1.66. The van der Waals surface area contributed by atoms with Crippen LogP contribution in [0.15, 0.2) is 18.2 Å². The highest BCUT2D eigenvalue weighted by Crippen LogP contribution is 2.22. The molecular weight excluding hydrogens is 292 g/mol. The number of hydrogen-bond donors (Lipinski definition) is 1. The van der Waals surface area contributed by atoms with Crippen LogP contribution >= 0.6 is 23.2 Å². The van der Waals surface area contributed by atoms with Crippen molar-refractivity contribution in [2.75, 3.05) is 24.3 Å². The lowest BCUT2D eigenvalue weighted by atomic mass is 10.3. The second kappa shape index (κ2) is 5.54. The van der Waals surface area contributed by atoms with Crippen molar-refractivity contribution in [1.29, 1.82) is 0 Å². The van der Waals surface area contributed by atoms with Crippen LogP contribution < -0.4 is 10.2 Å². The van der Waals surface area contributed by atoms with Crippen molar-refractivity contribution in [1.82, 2.24) is 15.0 Å². The van der Waals surface area contributed by atoms with Crippen LogP contribution in [0.4, 0.5) is 22.0 Å². The van der Waals surface area contributed by atoms with E-state index < -0.39 is 5.82 Å². The third-order valence-electron chi connectivity index (χ3n) is 2.17. The first kappa shape index (κ1) is 13.8. The predicted octanol–water partition coefficient (Wildman–Crippen LogP) is 3.13. The SMILES string of the molecule is CN(C)c1nc(Cl)nc(Nc2ccc(Cl)cc2F)n1. The van der Waals surface area contributed by atoms with Crippen LogP contribution in [-0.2, 0) is 0 Å². The highest BCUT2D eigenvalue weighted by molar-refractivity contribution is 6.30. The van der Waals surface area contributed by atoms with Crippen LogP contribution in [0.2, 0.25) is 10.3 Å². The number of hydrogen-bond acceptors (Lipinski definition) is 5. The number of aromatic nitrogens is 3. The van der Waals surface area contributed by atoms with Gasteiger partial charge in [0.1, 0.15) is 5.82 Å². The van der Waals surface area contributed by atoms with Crippen LogP contribution in [0.25, 0.3) is 0 Å². The Kier molecular flexibility index (Phi) is 4.01. The largest absolute Gasteiger partial charge is 0.347 e. The fraction of sp³-hybridized carbons (Fsp3) is 0.182. The van der Waals surface area contributed by atoms with Crippen LogP contribution in [0.5, 0.6) is 0 Å². The monoisotopic (exact) mass is 301 g/mol. The van der Waals surface area contributed by atoms with E-state index >= 15 is 0 Å². The number of halogens is 3. The summed E-state index contributed by atoms with van der Waals surface area (Å²) in [5, 5.41) is 3.06. The molecule has 0 radical (unpaired) electrons. The molecule has 0 saturated heterocycles. The van der Waals surface area contributed by atoms with E-state index in [0.717, 1.165) is 0 Å². The minimum absolute atomic E-state index is 0.0237. The van der Waals surface area contributed by atoms with Crippen molar-refractivity contribution in [3.05, 3.63) is 34.3 Å². The Morgan fingerprint density at radius 1 is 1.16 bits per heavy atom. The zero-order valence-corrected chi connectivity index (χ0v) is 11.7. The first-order chi connectivity index (χ1) is 8.95. The molecule has 0 atom stereocenters. The van der Waals surface area contributed by atoms with Crippen molar-refractivity contribution in [3.8, 4) is 0 Å². The zero-order valence-electron chi connectivity index (χ0n) is 10.2. The maximum atomic E-state index is 13.6. The molecule has 1 N–H and O–H groups in total. The van der Waals surface area contributed by atoms with Gasteiger partial charge in [-0.25, -0.2) is 4.39 Å². The summed E-state index contributed by atoms with van der Waals surface area (Å²) in [7, 11) is 3.52. The lowest BCUT2D eigenvalue weighted by molar-refractivity contribution is 0.631. The fourth-order valence-electron chi connectivity index (χ4n) is 1.31. The molecule has 0 amide bonds. The summed E-state index contributed by atoms with van der Waals surface area (Å²) in [6.07, 6.45) is 0. The Bertz CT molecular complexity index is 606. The van der Waals surface area contributed by atoms with Gasteiger partial charge >= 0.3 is 0 Å². The molecular formula is C11H10Cl2FN5. The average molecular weight is 302 g/mol. The first-order valence-corrected chi connectivity index (χ1v) is 6.02. The van der Waals surface area contributed by atoms with E-state index in [1.54, 1.807) is 25.1 Å².